The van der Waals surface area contributed by atoms with Gasteiger partial charge in [0.15, 0.2) is 11.6 Å². The fourth-order valence-electron chi connectivity index (χ4n) is 5.09. The number of unbranched alkanes of at least 4 members (excludes halogenated alkanes) is 15. The van der Waals surface area contributed by atoms with Crippen LogP contribution >= 0.6 is 0 Å². The lowest BCUT2D eigenvalue weighted by molar-refractivity contribution is 0.0497. The Labute approximate surface area is 253 Å². The summed E-state index contributed by atoms with van der Waals surface area (Å²) in [4.78, 5) is 38.1. The van der Waals surface area contributed by atoms with Crippen molar-refractivity contribution in [3.8, 4) is 11.5 Å². The van der Waals surface area contributed by atoms with Crippen molar-refractivity contribution in [1.82, 2.24) is 0 Å². The van der Waals surface area contributed by atoms with Gasteiger partial charge in [-0.1, -0.05) is 115 Å². The molecule has 0 heterocycles. The minimum Gasteiger partial charge on any atom is -0.497 e. The van der Waals surface area contributed by atoms with Crippen LogP contribution in [0.5, 0.6) is 11.5 Å². The number of esters is 1. The molecule has 2 aromatic carbocycles. The monoisotopic (exact) mass is 580 g/mol. The molecule has 42 heavy (non-hydrogen) atoms. The van der Waals surface area contributed by atoms with E-state index in [9.17, 15) is 14.4 Å². The van der Waals surface area contributed by atoms with Gasteiger partial charge >= 0.3 is 5.97 Å². The average Bonchev–Trinajstić information content (AvgIpc) is 3.02. The molecular weight excluding hydrogens is 528 g/mol. The van der Waals surface area contributed by atoms with Crippen molar-refractivity contribution in [2.45, 2.75) is 116 Å². The Hall–Kier alpha value is -3.15. The third kappa shape index (κ3) is 13.7. The number of rotatable bonds is 24. The van der Waals surface area contributed by atoms with Crippen molar-refractivity contribution in [3.63, 3.8) is 0 Å². The second-order valence-electron chi connectivity index (χ2n) is 11.1. The van der Waals surface area contributed by atoms with Gasteiger partial charge in [-0.3, -0.25) is 9.59 Å². The predicted octanol–water partition coefficient (Wildman–Crippen LogP) is 9.58. The summed E-state index contributed by atoms with van der Waals surface area (Å²) in [6, 6.07) is 11.2. The maximum atomic E-state index is 12.8. The van der Waals surface area contributed by atoms with Gasteiger partial charge in [0.05, 0.1) is 38.4 Å². The van der Waals surface area contributed by atoms with Crippen molar-refractivity contribution in [2.24, 2.45) is 0 Å². The molecule has 0 saturated carbocycles. The van der Waals surface area contributed by atoms with Gasteiger partial charge in [0.25, 0.3) is 0 Å². The first-order valence-electron chi connectivity index (χ1n) is 16.1. The zero-order valence-corrected chi connectivity index (χ0v) is 26.2. The molecule has 0 aromatic heterocycles. The Morgan fingerprint density at radius 2 is 1.14 bits per heavy atom. The van der Waals surface area contributed by atoms with Crippen LogP contribution in [0.15, 0.2) is 42.5 Å². The highest BCUT2D eigenvalue weighted by Gasteiger charge is 2.19. The molecule has 6 heteroatoms. The Bertz CT molecular complexity index is 1080. The highest BCUT2D eigenvalue weighted by atomic mass is 16.5. The molecule has 0 fully saturated rings. The summed E-state index contributed by atoms with van der Waals surface area (Å²) in [5.41, 5.74) is 0.917. The van der Waals surface area contributed by atoms with E-state index in [0.717, 1.165) is 19.3 Å². The number of Topliss-reactive ketones (excluding diaryl/α,β-unsaturated/α-hetero) is 2. The van der Waals surface area contributed by atoms with Gasteiger partial charge in [0.1, 0.15) is 11.5 Å². The first-order valence-corrected chi connectivity index (χ1v) is 16.1. The fraction of sp³-hybridized carbons (Fsp3) is 0.583. The van der Waals surface area contributed by atoms with E-state index in [1.807, 2.05) is 0 Å². The number of ether oxygens (including phenoxy) is 3. The van der Waals surface area contributed by atoms with E-state index >= 15 is 0 Å². The molecule has 0 bridgehead atoms. The molecule has 232 valence electrons. The van der Waals surface area contributed by atoms with Gasteiger partial charge < -0.3 is 14.2 Å². The van der Waals surface area contributed by atoms with E-state index in [1.165, 1.54) is 104 Å². The standard InChI is InChI=1S/C36H52O6/c1-4-5-6-7-8-9-10-11-12-13-14-15-16-17-18-19-25-42-36(39)30-22-20-21-29(26-30)33(37)28-34(38)32-24-23-31(40-2)27-35(32)41-3/h20-24,26-27H,4-19,25,28H2,1-3H3. The number of benzene rings is 2. The molecule has 0 unspecified atom stereocenters. The summed E-state index contributed by atoms with van der Waals surface area (Å²) in [6.07, 6.45) is 20.4. The summed E-state index contributed by atoms with van der Waals surface area (Å²) in [7, 11) is 2.99. The van der Waals surface area contributed by atoms with Gasteiger partial charge in [0, 0.05) is 11.6 Å². The highest BCUT2D eigenvalue weighted by Crippen LogP contribution is 2.26. The van der Waals surface area contributed by atoms with Crippen molar-refractivity contribution < 1.29 is 28.6 Å². The molecule has 0 atom stereocenters. The molecule has 2 aromatic rings. The summed E-state index contributed by atoms with van der Waals surface area (Å²) in [5, 5.41) is 0. The van der Waals surface area contributed by atoms with Crippen LogP contribution in [0.25, 0.3) is 0 Å². The molecule has 2 rings (SSSR count). The van der Waals surface area contributed by atoms with Crippen LogP contribution in [0.3, 0.4) is 0 Å². The lowest BCUT2D eigenvalue weighted by Crippen LogP contribution is -2.12. The highest BCUT2D eigenvalue weighted by molar-refractivity contribution is 6.14. The number of carbonyl (C=O) groups excluding carboxylic acids is 3. The van der Waals surface area contributed by atoms with Crippen molar-refractivity contribution >= 4 is 17.5 Å². The first-order chi connectivity index (χ1) is 20.5. The Morgan fingerprint density at radius 3 is 1.69 bits per heavy atom. The van der Waals surface area contributed by atoms with Crippen LogP contribution < -0.4 is 9.47 Å². The molecule has 0 amide bonds. The Morgan fingerprint density at radius 1 is 0.595 bits per heavy atom. The lowest BCUT2D eigenvalue weighted by atomic mass is 9.99. The summed E-state index contributed by atoms with van der Waals surface area (Å²) in [6.45, 7) is 2.63. The maximum Gasteiger partial charge on any atom is 0.338 e. The van der Waals surface area contributed by atoms with Gasteiger partial charge in [-0.2, -0.15) is 0 Å². The van der Waals surface area contributed by atoms with Crippen LogP contribution in [-0.2, 0) is 4.74 Å². The zero-order valence-electron chi connectivity index (χ0n) is 26.2. The van der Waals surface area contributed by atoms with E-state index in [1.54, 1.807) is 36.4 Å². The minimum atomic E-state index is -0.450. The molecule has 0 aliphatic rings. The van der Waals surface area contributed by atoms with E-state index in [0.29, 0.717) is 34.8 Å². The van der Waals surface area contributed by atoms with Crippen molar-refractivity contribution in [1.29, 1.82) is 0 Å². The van der Waals surface area contributed by atoms with Crippen LogP contribution in [0.4, 0.5) is 0 Å². The fourth-order valence-corrected chi connectivity index (χ4v) is 5.09. The SMILES string of the molecule is CCCCCCCCCCCCCCCCCCOC(=O)c1cccc(C(=O)CC(=O)c2ccc(OC)cc2OC)c1. The van der Waals surface area contributed by atoms with Crippen LogP contribution in [0.1, 0.15) is 147 Å². The molecule has 0 spiro atoms. The lowest BCUT2D eigenvalue weighted by Gasteiger charge is -2.10. The third-order valence-electron chi connectivity index (χ3n) is 7.68. The topological polar surface area (TPSA) is 78.9 Å². The summed E-state index contributed by atoms with van der Waals surface area (Å²) < 4.78 is 15.9. The first kappa shape index (κ1) is 35.0. The quantitative estimate of drug-likeness (QED) is 0.0532. The van der Waals surface area contributed by atoms with Gasteiger partial charge in [0.2, 0.25) is 0 Å². The van der Waals surface area contributed by atoms with Crippen molar-refractivity contribution in [2.75, 3.05) is 20.8 Å². The molecule has 0 radical (unpaired) electrons. The number of methoxy groups -OCH3 is 2. The zero-order chi connectivity index (χ0) is 30.4. The number of carbonyl (C=O) groups is 3. The van der Waals surface area contributed by atoms with Crippen LogP contribution in [0.2, 0.25) is 0 Å². The second-order valence-corrected chi connectivity index (χ2v) is 11.1. The van der Waals surface area contributed by atoms with Crippen LogP contribution in [-0.4, -0.2) is 38.4 Å². The normalized spacial score (nSPS) is 10.8. The van der Waals surface area contributed by atoms with Gasteiger partial charge in [-0.05, 0) is 30.7 Å². The van der Waals surface area contributed by atoms with E-state index in [-0.39, 0.29) is 18.0 Å². The molecule has 0 saturated heterocycles. The number of hydrogen-bond donors (Lipinski definition) is 0. The number of ketones is 2. The Balaban J connectivity index is 1.58. The molecule has 0 N–H and O–H groups in total. The third-order valence-corrected chi connectivity index (χ3v) is 7.68. The molecule has 0 aliphatic carbocycles. The molecule has 6 nitrogen and oxygen atoms in total. The van der Waals surface area contributed by atoms with E-state index in [4.69, 9.17) is 14.2 Å². The molecular formula is C36H52O6. The summed E-state index contributed by atoms with van der Waals surface area (Å²) in [5.74, 6) is -0.283. The van der Waals surface area contributed by atoms with Gasteiger partial charge in [-0.15, -0.1) is 0 Å². The smallest absolute Gasteiger partial charge is 0.338 e. The van der Waals surface area contributed by atoms with Crippen molar-refractivity contribution in [3.05, 3.63) is 59.2 Å². The summed E-state index contributed by atoms with van der Waals surface area (Å²) >= 11 is 0. The van der Waals surface area contributed by atoms with Crippen LogP contribution in [0, 0.1) is 0 Å². The largest absolute Gasteiger partial charge is 0.497 e. The maximum absolute atomic E-state index is 12.8. The second kappa shape index (κ2) is 21.5. The van der Waals surface area contributed by atoms with Gasteiger partial charge in [-0.25, -0.2) is 4.79 Å². The average molecular weight is 581 g/mol. The Kier molecular flexibility index (Phi) is 18.0. The van der Waals surface area contributed by atoms with E-state index in [2.05, 4.69) is 6.92 Å². The van der Waals surface area contributed by atoms with E-state index < -0.39 is 5.97 Å². The minimum absolute atomic E-state index is 0.299. The molecule has 0 aliphatic heterocycles. The number of hydrogen-bond acceptors (Lipinski definition) is 6. The predicted molar refractivity (Wildman–Crippen MR) is 169 cm³/mol.